The predicted octanol–water partition coefficient (Wildman–Crippen LogP) is 2.00. The summed E-state index contributed by atoms with van der Waals surface area (Å²) < 4.78 is 0. The van der Waals surface area contributed by atoms with Gasteiger partial charge in [0.05, 0.1) is 0 Å². The topological polar surface area (TPSA) is 32.3 Å². The van der Waals surface area contributed by atoms with Crippen molar-refractivity contribution in [3.05, 3.63) is 34.9 Å². The Labute approximate surface area is 120 Å². The second-order valence-electron chi connectivity index (χ2n) is 6.51. The first-order valence-electron chi connectivity index (χ1n) is 7.95. The Hall–Kier alpha value is -1.35. The standard InChI is InChI=1S/C17H22N2O/c20-17(15-6-2-4-12-3-1-5-14(12)15)18-16-11-19-9-7-13(16)8-10-19/h2,4,6,13,16H,1,3,5,7-11H2,(H,18,20)/t16-/m0/s1. The van der Waals surface area contributed by atoms with Crippen molar-refractivity contribution in [1.82, 2.24) is 10.2 Å². The molecule has 3 fully saturated rings. The molecular formula is C17H22N2O. The molecule has 2 bridgehead atoms. The minimum Gasteiger partial charge on any atom is -0.348 e. The number of carbonyl (C=O) groups excluding carboxylic acids is 1. The van der Waals surface area contributed by atoms with Crippen molar-refractivity contribution in [3.63, 3.8) is 0 Å². The molecule has 3 heterocycles. The van der Waals surface area contributed by atoms with Gasteiger partial charge in [-0.05, 0) is 68.3 Å². The van der Waals surface area contributed by atoms with E-state index in [-0.39, 0.29) is 5.91 Å². The van der Waals surface area contributed by atoms with Gasteiger partial charge >= 0.3 is 0 Å². The van der Waals surface area contributed by atoms with Gasteiger partial charge in [-0.1, -0.05) is 12.1 Å². The summed E-state index contributed by atoms with van der Waals surface area (Å²) in [5.74, 6) is 0.850. The highest BCUT2D eigenvalue weighted by atomic mass is 16.1. The summed E-state index contributed by atoms with van der Waals surface area (Å²) in [6, 6.07) is 6.58. The number of hydrogen-bond acceptors (Lipinski definition) is 2. The van der Waals surface area contributed by atoms with Crippen LogP contribution in [0.1, 0.15) is 40.7 Å². The molecule has 106 valence electrons. The zero-order valence-electron chi connectivity index (χ0n) is 11.9. The fraction of sp³-hybridized carbons (Fsp3) is 0.588. The van der Waals surface area contributed by atoms with E-state index in [1.165, 1.54) is 43.5 Å². The molecule has 1 aliphatic carbocycles. The van der Waals surface area contributed by atoms with E-state index in [0.29, 0.717) is 12.0 Å². The van der Waals surface area contributed by atoms with E-state index in [2.05, 4.69) is 16.3 Å². The minimum absolute atomic E-state index is 0.155. The van der Waals surface area contributed by atoms with Crippen LogP contribution < -0.4 is 5.32 Å². The molecule has 3 aliphatic heterocycles. The quantitative estimate of drug-likeness (QED) is 0.891. The largest absolute Gasteiger partial charge is 0.348 e. The van der Waals surface area contributed by atoms with Crippen molar-refractivity contribution >= 4 is 5.91 Å². The number of carbonyl (C=O) groups is 1. The first kappa shape index (κ1) is 12.4. The van der Waals surface area contributed by atoms with Crippen LogP contribution in [0.15, 0.2) is 18.2 Å². The van der Waals surface area contributed by atoms with Gasteiger partial charge in [-0.15, -0.1) is 0 Å². The molecule has 1 atom stereocenters. The summed E-state index contributed by atoms with van der Waals surface area (Å²) in [5.41, 5.74) is 3.61. The van der Waals surface area contributed by atoms with E-state index in [9.17, 15) is 4.79 Å². The van der Waals surface area contributed by atoms with Crippen LogP contribution in [-0.2, 0) is 12.8 Å². The molecule has 0 spiro atoms. The lowest BCUT2D eigenvalue weighted by Crippen LogP contribution is -2.57. The molecular weight excluding hydrogens is 248 g/mol. The molecule has 1 aromatic rings. The Morgan fingerprint density at radius 3 is 2.80 bits per heavy atom. The molecule has 0 unspecified atom stereocenters. The third-order valence-electron chi connectivity index (χ3n) is 5.36. The molecule has 3 heteroatoms. The molecule has 0 aromatic heterocycles. The lowest BCUT2D eigenvalue weighted by molar-refractivity contribution is 0.0620. The predicted molar refractivity (Wildman–Crippen MR) is 78.9 cm³/mol. The number of aryl methyl sites for hydroxylation is 1. The average Bonchev–Trinajstić information content (AvgIpc) is 2.96. The molecule has 3 nitrogen and oxygen atoms in total. The van der Waals surface area contributed by atoms with Crippen molar-refractivity contribution in [2.24, 2.45) is 5.92 Å². The van der Waals surface area contributed by atoms with E-state index in [4.69, 9.17) is 0 Å². The fourth-order valence-electron chi connectivity index (χ4n) is 4.21. The third kappa shape index (κ3) is 2.05. The maximum absolute atomic E-state index is 12.6. The lowest BCUT2D eigenvalue weighted by Gasteiger charge is -2.45. The Morgan fingerprint density at radius 1 is 1.20 bits per heavy atom. The summed E-state index contributed by atoms with van der Waals surface area (Å²) in [7, 11) is 0. The summed E-state index contributed by atoms with van der Waals surface area (Å²) >= 11 is 0. The second-order valence-corrected chi connectivity index (χ2v) is 6.51. The molecule has 0 radical (unpaired) electrons. The summed E-state index contributed by atoms with van der Waals surface area (Å²) in [4.78, 5) is 15.1. The number of hydrogen-bond donors (Lipinski definition) is 1. The van der Waals surface area contributed by atoms with E-state index in [1.807, 2.05) is 12.1 Å². The molecule has 1 aromatic carbocycles. The molecule has 4 aliphatic rings. The molecule has 3 saturated heterocycles. The Balaban J connectivity index is 1.52. The van der Waals surface area contributed by atoms with Crippen molar-refractivity contribution in [1.29, 1.82) is 0 Å². The van der Waals surface area contributed by atoms with E-state index in [1.54, 1.807) is 0 Å². The van der Waals surface area contributed by atoms with Gasteiger partial charge < -0.3 is 10.2 Å². The van der Waals surface area contributed by atoms with Gasteiger partial charge in [0.2, 0.25) is 0 Å². The Kier molecular flexibility index (Phi) is 3.03. The summed E-state index contributed by atoms with van der Waals surface area (Å²) in [6.45, 7) is 3.49. The van der Waals surface area contributed by atoms with Gasteiger partial charge in [0.1, 0.15) is 0 Å². The summed E-state index contributed by atoms with van der Waals surface area (Å²) in [6.07, 6.45) is 5.89. The maximum Gasteiger partial charge on any atom is 0.251 e. The van der Waals surface area contributed by atoms with Crippen molar-refractivity contribution < 1.29 is 4.79 Å². The van der Waals surface area contributed by atoms with Crippen LogP contribution in [0.4, 0.5) is 0 Å². The first-order valence-corrected chi connectivity index (χ1v) is 7.95. The monoisotopic (exact) mass is 270 g/mol. The number of nitrogens with one attached hydrogen (secondary N) is 1. The highest BCUT2D eigenvalue weighted by Gasteiger charge is 2.35. The molecule has 1 N–H and O–H groups in total. The molecule has 0 saturated carbocycles. The van der Waals surface area contributed by atoms with Gasteiger partial charge in [0.25, 0.3) is 5.91 Å². The second kappa shape index (κ2) is 4.88. The van der Waals surface area contributed by atoms with Gasteiger partial charge in [-0.3, -0.25) is 4.79 Å². The number of piperidine rings is 3. The summed E-state index contributed by atoms with van der Waals surface area (Å²) in [5, 5.41) is 3.32. The number of fused-ring (bicyclic) bond motifs is 4. The normalized spacial score (nSPS) is 31.1. The highest BCUT2D eigenvalue weighted by Crippen LogP contribution is 2.29. The van der Waals surface area contributed by atoms with Crippen LogP contribution in [0.25, 0.3) is 0 Å². The zero-order valence-corrected chi connectivity index (χ0v) is 11.9. The number of amides is 1. The third-order valence-corrected chi connectivity index (χ3v) is 5.36. The highest BCUT2D eigenvalue weighted by molar-refractivity contribution is 5.96. The number of rotatable bonds is 2. The van der Waals surface area contributed by atoms with Crippen LogP contribution in [0.3, 0.4) is 0 Å². The Bertz CT molecular complexity index is 532. The van der Waals surface area contributed by atoms with Crippen LogP contribution in [0.2, 0.25) is 0 Å². The lowest BCUT2D eigenvalue weighted by atomic mass is 9.84. The van der Waals surface area contributed by atoms with Crippen molar-refractivity contribution in [3.8, 4) is 0 Å². The van der Waals surface area contributed by atoms with Gasteiger partial charge in [-0.2, -0.15) is 0 Å². The van der Waals surface area contributed by atoms with Gasteiger partial charge in [0.15, 0.2) is 0 Å². The zero-order chi connectivity index (χ0) is 13.5. The van der Waals surface area contributed by atoms with Crippen LogP contribution in [-0.4, -0.2) is 36.5 Å². The van der Waals surface area contributed by atoms with E-state index >= 15 is 0 Å². The minimum atomic E-state index is 0.155. The van der Waals surface area contributed by atoms with Crippen molar-refractivity contribution in [2.75, 3.05) is 19.6 Å². The van der Waals surface area contributed by atoms with E-state index in [0.717, 1.165) is 24.9 Å². The molecule has 20 heavy (non-hydrogen) atoms. The van der Waals surface area contributed by atoms with Crippen LogP contribution in [0, 0.1) is 5.92 Å². The van der Waals surface area contributed by atoms with Crippen LogP contribution in [0.5, 0.6) is 0 Å². The smallest absolute Gasteiger partial charge is 0.251 e. The van der Waals surface area contributed by atoms with E-state index < -0.39 is 0 Å². The SMILES string of the molecule is O=C(N[C@H]1CN2CCC1CC2)c1cccc2c1CCC2. The number of benzene rings is 1. The molecule has 5 rings (SSSR count). The molecule has 1 amide bonds. The van der Waals surface area contributed by atoms with Gasteiger partial charge in [-0.25, -0.2) is 0 Å². The first-order chi connectivity index (χ1) is 9.81. The maximum atomic E-state index is 12.6. The Morgan fingerprint density at radius 2 is 2.05 bits per heavy atom. The van der Waals surface area contributed by atoms with Crippen molar-refractivity contribution in [2.45, 2.75) is 38.1 Å². The van der Waals surface area contributed by atoms with Gasteiger partial charge in [0, 0.05) is 18.2 Å². The fourth-order valence-corrected chi connectivity index (χ4v) is 4.21. The van der Waals surface area contributed by atoms with Crippen LogP contribution >= 0.6 is 0 Å². The average molecular weight is 270 g/mol. The number of nitrogens with zero attached hydrogens (tertiary/aromatic N) is 1.